The summed E-state index contributed by atoms with van der Waals surface area (Å²) in [5, 5.41) is 18.3. The largest absolute Gasteiger partial charge is 0.489 e. The fourth-order valence-electron chi connectivity index (χ4n) is 1.96. The van der Waals surface area contributed by atoms with Crippen molar-refractivity contribution in [3.63, 3.8) is 0 Å². The van der Waals surface area contributed by atoms with Gasteiger partial charge in [-0.2, -0.15) is 0 Å². The molecule has 0 amide bonds. The Morgan fingerprint density at radius 2 is 2.00 bits per heavy atom. The lowest BCUT2D eigenvalue weighted by Gasteiger charge is -2.08. The summed E-state index contributed by atoms with van der Waals surface area (Å²) < 4.78 is 5.66. The standard InChI is InChI=1S/C16H16ClN3O3S/c17-15-9-13(20(21)22)4-3-12(15)10-23-14-5-1-11(2-6-14)7-8-24-16(18)19/h1-6,9H,7-8,10H2,(H3,18,19). The van der Waals surface area contributed by atoms with Crippen LogP contribution < -0.4 is 10.5 Å². The normalized spacial score (nSPS) is 10.4. The van der Waals surface area contributed by atoms with Gasteiger partial charge in [-0.15, -0.1) is 0 Å². The van der Waals surface area contributed by atoms with E-state index in [2.05, 4.69) is 0 Å². The van der Waals surface area contributed by atoms with Gasteiger partial charge < -0.3 is 10.5 Å². The molecule has 0 saturated heterocycles. The van der Waals surface area contributed by atoms with Crippen LogP contribution in [0, 0.1) is 15.5 Å². The molecule has 6 nitrogen and oxygen atoms in total. The maximum absolute atomic E-state index is 10.7. The van der Waals surface area contributed by atoms with E-state index >= 15 is 0 Å². The minimum Gasteiger partial charge on any atom is -0.489 e. The second kappa shape index (κ2) is 8.56. The highest BCUT2D eigenvalue weighted by molar-refractivity contribution is 8.13. The second-order valence-corrected chi connectivity index (χ2v) is 6.47. The number of halogens is 1. The van der Waals surface area contributed by atoms with Gasteiger partial charge in [-0.3, -0.25) is 15.5 Å². The molecule has 8 heteroatoms. The smallest absolute Gasteiger partial charge is 0.270 e. The van der Waals surface area contributed by atoms with Crippen molar-refractivity contribution in [3.8, 4) is 5.75 Å². The van der Waals surface area contributed by atoms with Crippen LogP contribution in [0.25, 0.3) is 0 Å². The number of nitro groups is 1. The van der Waals surface area contributed by atoms with Crippen LogP contribution in [-0.2, 0) is 13.0 Å². The van der Waals surface area contributed by atoms with Crippen LogP contribution in [0.5, 0.6) is 5.75 Å². The topological polar surface area (TPSA) is 102 Å². The van der Waals surface area contributed by atoms with Crippen molar-refractivity contribution in [2.45, 2.75) is 13.0 Å². The number of nitrogens with two attached hydrogens (primary N) is 1. The first kappa shape index (κ1) is 18.1. The number of non-ortho nitro benzene ring substituents is 1. The Morgan fingerprint density at radius 1 is 1.29 bits per heavy atom. The third-order valence-corrected chi connectivity index (χ3v) is 4.28. The molecule has 24 heavy (non-hydrogen) atoms. The van der Waals surface area contributed by atoms with E-state index in [9.17, 15) is 10.1 Å². The fraction of sp³-hybridized carbons (Fsp3) is 0.188. The van der Waals surface area contributed by atoms with E-state index in [-0.39, 0.29) is 17.5 Å². The maximum Gasteiger partial charge on any atom is 0.270 e. The molecule has 0 heterocycles. The van der Waals surface area contributed by atoms with Crippen molar-refractivity contribution >= 4 is 34.2 Å². The zero-order valence-corrected chi connectivity index (χ0v) is 14.3. The lowest BCUT2D eigenvalue weighted by Crippen LogP contribution is -2.05. The van der Waals surface area contributed by atoms with Crippen molar-refractivity contribution in [2.24, 2.45) is 5.73 Å². The van der Waals surface area contributed by atoms with Crippen LogP contribution in [0.15, 0.2) is 42.5 Å². The molecule has 2 rings (SSSR count). The van der Waals surface area contributed by atoms with Crippen molar-refractivity contribution in [1.29, 1.82) is 5.41 Å². The number of thioether (sulfide) groups is 1. The molecule has 3 N–H and O–H groups in total. The summed E-state index contributed by atoms with van der Waals surface area (Å²) in [6.07, 6.45) is 0.818. The van der Waals surface area contributed by atoms with Gasteiger partial charge in [0.05, 0.1) is 9.95 Å². The molecule has 0 spiro atoms. The highest BCUT2D eigenvalue weighted by atomic mass is 35.5. The zero-order chi connectivity index (χ0) is 17.5. The number of hydrogen-bond acceptors (Lipinski definition) is 5. The number of aryl methyl sites for hydroxylation is 1. The molecule has 0 unspecified atom stereocenters. The predicted molar refractivity (Wildman–Crippen MR) is 97.0 cm³/mol. The summed E-state index contributed by atoms with van der Waals surface area (Å²) >= 11 is 7.34. The average Bonchev–Trinajstić information content (AvgIpc) is 2.54. The van der Waals surface area contributed by atoms with Crippen LogP contribution >= 0.6 is 23.4 Å². The Labute approximate surface area is 148 Å². The molecule has 0 aliphatic rings. The summed E-state index contributed by atoms with van der Waals surface area (Å²) in [6.45, 7) is 0.233. The Morgan fingerprint density at radius 3 is 2.58 bits per heavy atom. The summed E-state index contributed by atoms with van der Waals surface area (Å²) in [5.74, 6) is 1.45. The lowest BCUT2D eigenvalue weighted by atomic mass is 10.2. The highest BCUT2D eigenvalue weighted by Gasteiger charge is 2.09. The second-order valence-electron chi connectivity index (χ2n) is 4.93. The number of nitrogens with zero attached hydrogens (tertiary/aromatic N) is 1. The summed E-state index contributed by atoms with van der Waals surface area (Å²) in [6, 6.07) is 11.9. The van der Waals surface area contributed by atoms with Gasteiger partial charge in [-0.25, -0.2) is 0 Å². The number of rotatable bonds is 7. The van der Waals surface area contributed by atoms with Crippen LogP contribution in [-0.4, -0.2) is 15.8 Å². The van der Waals surface area contributed by atoms with E-state index in [1.54, 1.807) is 6.07 Å². The third-order valence-electron chi connectivity index (χ3n) is 3.21. The number of hydrogen-bond donors (Lipinski definition) is 2. The average molecular weight is 366 g/mol. The molecule has 0 aliphatic heterocycles. The maximum atomic E-state index is 10.7. The Balaban J connectivity index is 1.90. The quantitative estimate of drug-likeness (QED) is 0.334. The van der Waals surface area contributed by atoms with Gasteiger partial charge in [0.1, 0.15) is 12.4 Å². The number of nitro benzene ring substituents is 1. The van der Waals surface area contributed by atoms with Crippen molar-refractivity contribution in [1.82, 2.24) is 0 Å². The molecule has 0 aromatic heterocycles. The third kappa shape index (κ3) is 5.43. The SMILES string of the molecule is N=C(N)SCCc1ccc(OCc2ccc([N+](=O)[O-])cc2Cl)cc1. The molecule has 2 aromatic rings. The minimum atomic E-state index is -0.486. The molecule has 126 valence electrons. The minimum absolute atomic E-state index is 0.0449. The van der Waals surface area contributed by atoms with Gasteiger partial charge in [0.15, 0.2) is 5.17 Å². The number of ether oxygens (including phenoxy) is 1. The van der Waals surface area contributed by atoms with E-state index in [1.165, 1.54) is 23.9 Å². The van der Waals surface area contributed by atoms with Gasteiger partial charge in [-0.1, -0.05) is 35.5 Å². The Bertz CT molecular complexity index is 738. The number of amidine groups is 1. The van der Waals surface area contributed by atoms with Crippen molar-refractivity contribution in [3.05, 3.63) is 68.7 Å². The van der Waals surface area contributed by atoms with E-state index in [0.29, 0.717) is 16.3 Å². The molecule has 2 aromatic carbocycles. The van der Waals surface area contributed by atoms with Crippen LogP contribution in [0.2, 0.25) is 5.02 Å². The van der Waals surface area contributed by atoms with Crippen LogP contribution in [0.3, 0.4) is 0 Å². The molecule has 0 aliphatic carbocycles. The van der Waals surface area contributed by atoms with E-state index in [0.717, 1.165) is 17.7 Å². The molecule has 0 atom stereocenters. The van der Waals surface area contributed by atoms with Crippen molar-refractivity contribution in [2.75, 3.05) is 5.75 Å². The fourth-order valence-corrected chi connectivity index (χ4v) is 2.75. The number of nitrogens with one attached hydrogen (secondary N) is 1. The van der Waals surface area contributed by atoms with Gasteiger partial charge in [0.25, 0.3) is 5.69 Å². The molecule has 0 saturated carbocycles. The van der Waals surface area contributed by atoms with Gasteiger partial charge in [0, 0.05) is 23.4 Å². The van der Waals surface area contributed by atoms with Gasteiger partial charge in [-0.05, 0) is 30.2 Å². The molecule has 0 bridgehead atoms. The Hall–Kier alpha value is -2.25. The summed E-state index contributed by atoms with van der Waals surface area (Å²) in [4.78, 5) is 10.2. The zero-order valence-electron chi connectivity index (χ0n) is 12.7. The highest BCUT2D eigenvalue weighted by Crippen LogP contribution is 2.24. The molecule has 0 radical (unpaired) electrons. The first-order valence-corrected chi connectivity index (χ1v) is 8.43. The monoisotopic (exact) mass is 365 g/mol. The van der Waals surface area contributed by atoms with Crippen molar-refractivity contribution < 1.29 is 9.66 Å². The number of benzene rings is 2. The van der Waals surface area contributed by atoms with Gasteiger partial charge in [0.2, 0.25) is 0 Å². The first-order valence-electron chi connectivity index (χ1n) is 7.07. The molecular formula is C16H16ClN3O3S. The predicted octanol–water partition coefficient (Wildman–Crippen LogP) is 4.00. The first-order chi connectivity index (χ1) is 11.5. The van der Waals surface area contributed by atoms with Crippen LogP contribution in [0.1, 0.15) is 11.1 Å². The van der Waals surface area contributed by atoms with Crippen LogP contribution in [0.4, 0.5) is 5.69 Å². The Kier molecular flexibility index (Phi) is 6.45. The van der Waals surface area contributed by atoms with E-state index < -0.39 is 4.92 Å². The summed E-state index contributed by atoms with van der Waals surface area (Å²) in [7, 11) is 0. The lowest BCUT2D eigenvalue weighted by molar-refractivity contribution is -0.384. The molecule has 0 fully saturated rings. The van der Waals surface area contributed by atoms with Gasteiger partial charge >= 0.3 is 0 Å². The molecular weight excluding hydrogens is 350 g/mol. The van der Waals surface area contributed by atoms with E-state index in [4.69, 9.17) is 27.5 Å². The summed E-state index contributed by atoms with van der Waals surface area (Å²) in [5.41, 5.74) is 7.06. The van der Waals surface area contributed by atoms with E-state index in [1.807, 2.05) is 24.3 Å².